The Kier molecular flexibility index (Phi) is 5.31. The highest BCUT2D eigenvalue weighted by Gasteiger charge is 2.36. The van der Waals surface area contributed by atoms with Gasteiger partial charge in [0.2, 0.25) is 0 Å². The number of hydrogen-bond donors (Lipinski definition) is 1. The molecule has 132 valence electrons. The van der Waals surface area contributed by atoms with Crippen LogP contribution in [0, 0.1) is 5.82 Å². The van der Waals surface area contributed by atoms with Gasteiger partial charge in [0.05, 0.1) is 21.8 Å². The Labute approximate surface area is 146 Å². The number of nitrogens with zero attached hydrogens (tertiary/aromatic N) is 2. The average Bonchev–Trinajstić information content (AvgIpc) is 3.17. The van der Waals surface area contributed by atoms with Crippen molar-refractivity contribution >= 4 is 22.2 Å². The number of rotatable bonds is 4. The van der Waals surface area contributed by atoms with Crippen molar-refractivity contribution in [2.24, 2.45) is 5.73 Å². The standard InChI is InChI=1S/C15H18FN3O3S.ClH/c1-2-23(20,21)10-5-6-12(16)11(9-10)13-18-14(19-22-13)15(17)7-3-4-8-15;/h5-6,9H,2-4,7-8,17H2,1H3;1H. The quantitative estimate of drug-likeness (QED) is 0.825. The summed E-state index contributed by atoms with van der Waals surface area (Å²) < 4.78 is 43.1. The number of aromatic nitrogens is 2. The molecule has 0 aliphatic heterocycles. The summed E-state index contributed by atoms with van der Waals surface area (Å²) >= 11 is 0. The summed E-state index contributed by atoms with van der Waals surface area (Å²) in [6.45, 7) is 1.53. The Hall–Kier alpha value is -1.51. The summed E-state index contributed by atoms with van der Waals surface area (Å²) in [5.74, 6) is -0.401. The van der Waals surface area contributed by atoms with Crippen LogP contribution in [0.4, 0.5) is 4.39 Å². The Morgan fingerprint density at radius 3 is 2.62 bits per heavy atom. The molecule has 1 aromatic carbocycles. The molecule has 1 saturated carbocycles. The highest BCUT2D eigenvalue weighted by Crippen LogP contribution is 2.36. The minimum absolute atomic E-state index is 0. The molecule has 6 nitrogen and oxygen atoms in total. The lowest BCUT2D eigenvalue weighted by Gasteiger charge is -2.17. The molecule has 0 radical (unpaired) electrons. The van der Waals surface area contributed by atoms with E-state index in [1.54, 1.807) is 0 Å². The van der Waals surface area contributed by atoms with Crippen LogP contribution in [0.25, 0.3) is 11.5 Å². The van der Waals surface area contributed by atoms with Crippen LogP contribution in [0.1, 0.15) is 38.4 Å². The third-order valence-corrected chi connectivity index (χ3v) is 6.01. The van der Waals surface area contributed by atoms with Crippen LogP contribution in [-0.4, -0.2) is 24.3 Å². The van der Waals surface area contributed by atoms with Crippen molar-refractivity contribution in [2.75, 3.05) is 5.75 Å². The van der Waals surface area contributed by atoms with E-state index in [0.29, 0.717) is 5.82 Å². The fourth-order valence-corrected chi connectivity index (χ4v) is 3.70. The predicted molar refractivity (Wildman–Crippen MR) is 89.0 cm³/mol. The second kappa shape index (κ2) is 6.78. The Balaban J connectivity index is 0.00000208. The van der Waals surface area contributed by atoms with Crippen molar-refractivity contribution < 1.29 is 17.3 Å². The predicted octanol–water partition coefficient (Wildman–Crippen LogP) is 2.82. The molecule has 1 aliphatic carbocycles. The maximum Gasteiger partial charge on any atom is 0.261 e. The number of benzene rings is 1. The van der Waals surface area contributed by atoms with Gasteiger partial charge in [-0.1, -0.05) is 24.9 Å². The van der Waals surface area contributed by atoms with Gasteiger partial charge in [0.15, 0.2) is 15.7 Å². The minimum Gasteiger partial charge on any atom is -0.334 e. The van der Waals surface area contributed by atoms with Crippen LogP contribution in [0.15, 0.2) is 27.6 Å². The molecule has 0 saturated heterocycles. The topological polar surface area (TPSA) is 99.1 Å². The summed E-state index contributed by atoms with van der Waals surface area (Å²) in [6.07, 6.45) is 3.47. The van der Waals surface area contributed by atoms with Gasteiger partial charge < -0.3 is 10.3 Å². The first-order valence-corrected chi connectivity index (χ1v) is 9.17. The lowest BCUT2D eigenvalue weighted by Crippen LogP contribution is -2.34. The van der Waals surface area contributed by atoms with E-state index in [2.05, 4.69) is 10.1 Å². The molecule has 1 aliphatic rings. The van der Waals surface area contributed by atoms with Gasteiger partial charge in [-0.3, -0.25) is 0 Å². The van der Waals surface area contributed by atoms with Gasteiger partial charge in [-0.2, -0.15) is 4.98 Å². The van der Waals surface area contributed by atoms with Crippen LogP contribution in [0.2, 0.25) is 0 Å². The lowest BCUT2D eigenvalue weighted by atomic mass is 9.99. The molecule has 0 amide bonds. The molecule has 1 aromatic heterocycles. The van der Waals surface area contributed by atoms with Crippen molar-refractivity contribution in [3.8, 4) is 11.5 Å². The number of halogens is 2. The fraction of sp³-hybridized carbons (Fsp3) is 0.467. The highest BCUT2D eigenvalue weighted by atomic mass is 35.5. The lowest BCUT2D eigenvalue weighted by molar-refractivity contribution is 0.372. The van der Waals surface area contributed by atoms with E-state index in [-0.39, 0.29) is 34.5 Å². The Bertz CT molecular complexity index is 832. The molecule has 0 unspecified atom stereocenters. The van der Waals surface area contributed by atoms with E-state index in [4.69, 9.17) is 10.3 Å². The van der Waals surface area contributed by atoms with Crippen molar-refractivity contribution in [3.05, 3.63) is 29.8 Å². The van der Waals surface area contributed by atoms with Gasteiger partial charge in [-0.05, 0) is 31.0 Å². The van der Waals surface area contributed by atoms with Gasteiger partial charge in [0.25, 0.3) is 5.89 Å². The van der Waals surface area contributed by atoms with Crippen molar-refractivity contribution in [3.63, 3.8) is 0 Å². The zero-order valence-corrected chi connectivity index (χ0v) is 14.8. The molecular formula is C15H19ClFN3O3S. The maximum absolute atomic E-state index is 14.1. The molecule has 1 heterocycles. The smallest absolute Gasteiger partial charge is 0.261 e. The number of sulfone groups is 1. The first-order valence-electron chi connectivity index (χ1n) is 7.51. The Morgan fingerprint density at radius 1 is 1.33 bits per heavy atom. The molecule has 0 bridgehead atoms. The second-order valence-corrected chi connectivity index (χ2v) is 8.11. The first-order chi connectivity index (χ1) is 10.9. The molecule has 3 rings (SSSR count). The van der Waals surface area contributed by atoms with Crippen molar-refractivity contribution in [2.45, 2.75) is 43.0 Å². The van der Waals surface area contributed by atoms with Crippen LogP contribution < -0.4 is 5.73 Å². The van der Waals surface area contributed by atoms with E-state index in [1.807, 2.05) is 0 Å². The molecule has 2 aromatic rings. The van der Waals surface area contributed by atoms with E-state index in [9.17, 15) is 12.8 Å². The van der Waals surface area contributed by atoms with Gasteiger partial charge >= 0.3 is 0 Å². The third kappa shape index (κ3) is 3.31. The summed E-state index contributed by atoms with van der Waals surface area (Å²) in [7, 11) is -3.45. The van der Waals surface area contributed by atoms with E-state index < -0.39 is 21.2 Å². The first kappa shape index (κ1) is 18.8. The summed E-state index contributed by atoms with van der Waals surface area (Å²) in [6, 6.07) is 3.55. The third-order valence-electron chi connectivity index (χ3n) is 4.27. The molecule has 0 spiro atoms. The van der Waals surface area contributed by atoms with Gasteiger partial charge in [0.1, 0.15) is 5.82 Å². The summed E-state index contributed by atoms with van der Waals surface area (Å²) in [4.78, 5) is 4.23. The maximum atomic E-state index is 14.1. The average molecular weight is 376 g/mol. The van der Waals surface area contributed by atoms with Crippen molar-refractivity contribution in [1.29, 1.82) is 0 Å². The molecular weight excluding hydrogens is 357 g/mol. The molecule has 9 heteroatoms. The van der Waals surface area contributed by atoms with E-state index in [0.717, 1.165) is 31.7 Å². The molecule has 1 fully saturated rings. The molecule has 0 atom stereocenters. The monoisotopic (exact) mass is 375 g/mol. The fourth-order valence-electron chi connectivity index (χ4n) is 2.79. The van der Waals surface area contributed by atoms with E-state index in [1.165, 1.54) is 19.1 Å². The van der Waals surface area contributed by atoms with Crippen LogP contribution in [-0.2, 0) is 15.4 Å². The Morgan fingerprint density at radius 2 is 2.00 bits per heavy atom. The van der Waals surface area contributed by atoms with Crippen molar-refractivity contribution in [1.82, 2.24) is 10.1 Å². The summed E-state index contributed by atoms with van der Waals surface area (Å²) in [5.41, 5.74) is 5.58. The SMILES string of the molecule is CCS(=O)(=O)c1ccc(F)c(-c2nc(C3(N)CCCC3)no2)c1.Cl. The van der Waals surface area contributed by atoms with Gasteiger partial charge in [0, 0.05) is 0 Å². The zero-order chi connectivity index (χ0) is 16.7. The normalized spacial score (nSPS) is 16.8. The van der Waals surface area contributed by atoms with Gasteiger partial charge in [-0.25, -0.2) is 12.8 Å². The number of hydrogen-bond acceptors (Lipinski definition) is 6. The zero-order valence-electron chi connectivity index (χ0n) is 13.2. The number of nitrogens with two attached hydrogens (primary N) is 1. The second-order valence-electron chi connectivity index (χ2n) is 5.83. The largest absolute Gasteiger partial charge is 0.334 e. The van der Waals surface area contributed by atoms with Crippen LogP contribution in [0.3, 0.4) is 0 Å². The minimum atomic E-state index is -3.45. The highest BCUT2D eigenvalue weighted by molar-refractivity contribution is 7.91. The molecule has 24 heavy (non-hydrogen) atoms. The van der Waals surface area contributed by atoms with Gasteiger partial charge in [-0.15, -0.1) is 12.4 Å². The van der Waals surface area contributed by atoms with Crippen LogP contribution >= 0.6 is 12.4 Å². The van der Waals surface area contributed by atoms with E-state index >= 15 is 0 Å². The summed E-state index contributed by atoms with van der Waals surface area (Å²) in [5, 5.41) is 3.87. The molecule has 2 N–H and O–H groups in total. The van der Waals surface area contributed by atoms with Crippen LogP contribution in [0.5, 0.6) is 0 Å².